The molecule has 29 heavy (non-hydrogen) atoms. The van der Waals surface area contributed by atoms with E-state index in [4.69, 9.17) is 0 Å². The summed E-state index contributed by atoms with van der Waals surface area (Å²) in [5.74, 6) is -0.198. The van der Waals surface area contributed by atoms with Crippen LogP contribution in [0.15, 0.2) is 58.1 Å². The van der Waals surface area contributed by atoms with E-state index in [1.807, 2.05) is 12.1 Å². The summed E-state index contributed by atoms with van der Waals surface area (Å²) >= 11 is 0. The molecule has 2 aromatic heterocycles. The Kier molecular flexibility index (Phi) is 5.01. The summed E-state index contributed by atoms with van der Waals surface area (Å²) in [6, 6.07) is 13.4. The molecule has 0 aliphatic rings. The van der Waals surface area contributed by atoms with Crippen LogP contribution >= 0.6 is 0 Å². The van der Waals surface area contributed by atoms with Gasteiger partial charge in [0.05, 0.1) is 11.1 Å². The second kappa shape index (κ2) is 7.62. The molecule has 0 saturated carbocycles. The van der Waals surface area contributed by atoms with Crippen molar-refractivity contribution in [3.63, 3.8) is 0 Å². The monoisotopic (exact) mass is 391 g/mol. The van der Waals surface area contributed by atoms with E-state index in [2.05, 4.69) is 11.9 Å². The Balaban J connectivity index is 2.13. The number of fused-ring (bicyclic) bond motifs is 2. The van der Waals surface area contributed by atoms with Crippen LogP contribution in [0.1, 0.15) is 26.2 Å². The molecular formula is C23H22FN3O2. The van der Waals surface area contributed by atoms with Crippen molar-refractivity contribution in [2.24, 2.45) is 7.05 Å². The maximum atomic E-state index is 14.6. The second-order valence-corrected chi connectivity index (χ2v) is 7.18. The highest BCUT2D eigenvalue weighted by Gasteiger charge is 2.20. The van der Waals surface area contributed by atoms with Crippen molar-refractivity contribution in [3.8, 4) is 11.4 Å². The third kappa shape index (κ3) is 3.14. The first-order valence-electron chi connectivity index (χ1n) is 9.81. The third-order valence-corrected chi connectivity index (χ3v) is 5.30. The summed E-state index contributed by atoms with van der Waals surface area (Å²) in [5.41, 5.74) is 0.443. The highest BCUT2D eigenvalue weighted by Crippen LogP contribution is 2.23. The van der Waals surface area contributed by atoms with Gasteiger partial charge < -0.3 is 4.57 Å². The summed E-state index contributed by atoms with van der Waals surface area (Å²) in [6.07, 6.45) is 2.66. The minimum absolute atomic E-state index is 0.0442. The van der Waals surface area contributed by atoms with E-state index < -0.39 is 11.4 Å². The van der Waals surface area contributed by atoms with Crippen molar-refractivity contribution >= 4 is 21.9 Å². The minimum Gasteiger partial charge on any atom is -0.328 e. The Hall–Kier alpha value is -3.28. The van der Waals surface area contributed by atoms with E-state index in [0.717, 1.165) is 19.3 Å². The predicted molar refractivity (Wildman–Crippen MR) is 114 cm³/mol. The van der Waals surface area contributed by atoms with E-state index >= 15 is 0 Å². The van der Waals surface area contributed by atoms with Crippen molar-refractivity contribution in [2.75, 3.05) is 0 Å². The van der Waals surface area contributed by atoms with Gasteiger partial charge in [-0.25, -0.2) is 9.37 Å². The zero-order valence-corrected chi connectivity index (χ0v) is 16.5. The summed E-state index contributed by atoms with van der Waals surface area (Å²) < 4.78 is 17.8. The fourth-order valence-electron chi connectivity index (χ4n) is 3.77. The van der Waals surface area contributed by atoms with E-state index in [1.54, 1.807) is 41.9 Å². The first-order chi connectivity index (χ1) is 14.0. The van der Waals surface area contributed by atoms with Crippen molar-refractivity contribution in [3.05, 3.63) is 74.9 Å². The van der Waals surface area contributed by atoms with Gasteiger partial charge in [0.25, 0.3) is 5.56 Å². The van der Waals surface area contributed by atoms with Gasteiger partial charge in [0.2, 0.25) is 5.43 Å². The van der Waals surface area contributed by atoms with Crippen LogP contribution in [0.3, 0.4) is 0 Å². The molecule has 4 rings (SSSR count). The molecule has 6 heteroatoms. The number of aromatic nitrogens is 3. The highest BCUT2D eigenvalue weighted by molar-refractivity contribution is 5.91. The zero-order chi connectivity index (χ0) is 20.5. The Morgan fingerprint density at radius 3 is 2.48 bits per heavy atom. The number of hydrogen-bond acceptors (Lipinski definition) is 3. The molecule has 0 amide bonds. The summed E-state index contributed by atoms with van der Waals surface area (Å²) in [6.45, 7) is 2.45. The lowest BCUT2D eigenvalue weighted by molar-refractivity contribution is 0.582. The molecule has 0 unspecified atom stereocenters. The number of hydrogen-bond donors (Lipinski definition) is 0. The van der Waals surface area contributed by atoms with Crippen molar-refractivity contribution < 1.29 is 4.39 Å². The van der Waals surface area contributed by atoms with Crippen LogP contribution in [0, 0.1) is 5.82 Å². The molecule has 0 saturated heterocycles. The van der Waals surface area contributed by atoms with E-state index in [-0.39, 0.29) is 27.9 Å². The van der Waals surface area contributed by atoms with Gasteiger partial charge in [-0.1, -0.05) is 44.0 Å². The maximum Gasteiger partial charge on any atom is 0.267 e. The van der Waals surface area contributed by atoms with Crippen LogP contribution in [-0.4, -0.2) is 14.1 Å². The SMILES string of the molecule is CCCCCn1c(-c2ccccc2F)nc2c(c(=O)c3ccccc3n2C)c1=O. The van der Waals surface area contributed by atoms with Gasteiger partial charge in [0.1, 0.15) is 17.0 Å². The van der Waals surface area contributed by atoms with Gasteiger partial charge in [0, 0.05) is 19.0 Å². The number of benzene rings is 2. The number of halogens is 1. The molecule has 0 fully saturated rings. The molecule has 5 nitrogen and oxygen atoms in total. The summed E-state index contributed by atoms with van der Waals surface area (Å²) in [4.78, 5) is 31.2. The van der Waals surface area contributed by atoms with Crippen LogP contribution in [0.2, 0.25) is 0 Å². The standard InChI is InChI=1S/C23H22FN3O2/c1-3-4-9-14-27-21(15-10-5-7-12-17(15)24)25-22-19(23(27)29)20(28)16-11-6-8-13-18(16)26(22)2/h5-8,10-13H,3-4,9,14H2,1-2H3. The fraction of sp³-hybridized carbons (Fsp3) is 0.261. The zero-order valence-electron chi connectivity index (χ0n) is 16.5. The quantitative estimate of drug-likeness (QED) is 0.378. The number of para-hydroxylation sites is 1. The number of unbranched alkanes of at least 4 members (excludes halogenated alkanes) is 2. The largest absolute Gasteiger partial charge is 0.328 e. The van der Waals surface area contributed by atoms with Gasteiger partial charge in [0.15, 0.2) is 5.65 Å². The third-order valence-electron chi connectivity index (χ3n) is 5.30. The van der Waals surface area contributed by atoms with E-state index in [1.165, 1.54) is 10.6 Å². The maximum absolute atomic E-state index is 14.6. The molecule has 2 aromatic carbocycles. The number of aryl methyl sites for hydroxylation is 1. The average Bonchev–Trinajstić information content (AvgIpc) is 2.73. The normalized spacial score (nSPS) is 11.4. The van der Waals surface area contributed by atoms with E-state index in [9.17, 15) is 14.0 Å². The number of nitrogens with zero attached hydrogens (tertiary/aromatic N) is 3. The number of rotatable bonds is 5. The van der Waals surface area contributed by atoms with Gasteiger partial charge in [-0.3, -0.25) is 14.2 Å². The van der Waals surface area contributed by atoms with Crippen LogP contribution in [0.4, 0.5) is 4.39 Å². The second-order valence-electron chi connectivity index (χ2n) is 7.18. The lowest BCUT2D eigenvalue weighted by atomic mass is 10.1. The van der Waals surface area contributed by atoms with Crippen molar-refractivity contribution in [1.29, 1.82) is 0 Å². The smallest absolute Gasteiger partial charge is 0.267 e. The van der Waals surface area contributed by atoms with Gasteiger partial charge in [-0.2, -0.15) is 0 Å². The van der Waals surface area contributed by atoms with Gasteiger partial charge in [-0.15, -0.1) is 0 Å². The Morgan fingerprint density at radius 1 is 1.00 bits per heavy atom. The molecule has 0 spiro atoms. The first-order valence-corrected chi connectivity index (χ1v) is 9.81. The van der Waals surface area contributed by atoms with Crippen molar-refractivity contribution in [1.82, 2.24) is 14.1 Å². The molecule has 148 valence electrons. The Morgan fingerprint density at radius 2 is 1.72 bits per heavy atom. The molecule has 2 heterocycles. The molecule has 0 aliphatic heterocycles. The average molecular weight is 391 g/mol. The lowest BCUT2D eigenvalue weighted by Crippen LogP contribution is -2.29. The highest BCUT2D eigenvalue weighted by atomic mass is 19.1. The molecule has 0 N–H and O–H groups in total. The van der Waals surface area contributed by atoms with E-state index in [0.29, 0.717) is 17.4 Å². The van der Waals surface area contributed by atoms with Crippen molar-refractivity contribution in [2.45, 2.75) is 32.7 Å². The van der Waals surface area contributed by atoms with Gasteiger partial charge in [-0.05, 0) is 30.7 Å². The fourth-order valence-corrected chi connectivity index (χ4v) is 3.77. The lowest BCUT2D eigenvalue weighted by Gasteiger charge is -2.16. The van der Waals surface area contributed by atoms with Crippen LogP contribution in [-0.2, 0) is 13.6 Å². The van der Waals surface area contributed by atoms with Gasteiger partial charge >= 0.3 is 0 Å². The number of pyridine rings is 1. The van der Waals surface area contributed by atoms with Crippen LogP contribution in [0.5, 0.6) is 0 Å². The molecular weight excluding hydrogens is 369 g/mol. The molecule has 4 aromatic rings. The Bertz CT molecular complexity index is 1340. The topological polar surface area (TPSA) is 56.9 Å². The molecule has 0 bridgehead atoms. The summed E-state index contributed by atoms with van der Waals surface area (Å²) in [7, 11) is 1.77. The molecule has 0 atom stereocenters. The Labute approximate surface area is 167 Å². The van der Waals surface area contributed by atoms with Crippen LogP contribution in [0.25, 0.3) is 33.3 Å². The first kappa shape index (κ1) is 19.1. The predicted octanol–water partition coefficient (Wildman–Crippen LogP) is 4.24. The van der Waals surface area contributed by atoms with Crippen LogP contribution < -0.4 is 11.0 Å². The summed E-state index contributed by atoms with van der Waals surface area (Å²) in [5, 5.41) is 0.517. The minimum atomic E-state index is -0.450. The molecule has 0 radical (unpaired) electrons. The molecule has 0 aliphatic carbocycles.